The fourth-order valence-corrected chi connectivity index (χ4v) is 10.0. The monoisotopic (exact) mass is 744 g/mol. The third kappa shape index (κ3) is 5.54. The van der Waals surface area contributed by atoms with E-state index in [1.807, 2.05) is 17.4 Å². The van der Waals surface area contributed by atoms with Crippen molar-refractivity contribution < 1.29 is 0 Å². The second-order valence-electron chi connectivity index (χ2n) is 15.1. The van der Waals surface area contributed by atoms with Crippen LogP contribution < -0.4 is 0 Å². The van der Waals surface area contributed by atoms with Gasteiger partial charge in [0, 0.05) is 42.3 Å². The van der Waals surface area contributed by atoms with Gasteiger partial charge >= 0.3 is 0 Å². The summed E-state index contributed by atoms with van der Waals surface area (Å²) < 4.78 is 2.62. The van der Waals surface area contributed by atoms with Crippen LogP contribution in [0.15, 0.2) is 200 Å². The van der Waals surface area contributed by atoms with Crippen LogP contribution in [0.3, 0.4) is 0 Å². The van der Waals surface area contributed by atoms with Crippen molar-refractivity contribution in [3.05, 3.63) is 217 Å². The average Bonchev–Trinajstić information content (AvgIpc) is 3.79. The van der Waals surface area contributed by atoms with Crippen LogP contribution in [-0.4, -0.2) is 9.97 Å². The Hall–Kier alpha value is -6.94. The molecule has 0 saturated carbocycles. The summed E-state index contributed by atoms with van der Waals surface area (Å²) in [6.45, 7) is 2.37. The molecule has 57 heavy (non-hydrogen) atoms. The van der Waals surface area contributed by atoms with Crippen LogP contribution in [0, 0.1) is 0 Å². The first kappa shape index (κ1) is 33.4. The lowest BCUT2D eigenvalue weighted by atomic mass is 9.74. The largest absolute Gasteiger partial charge is 0.228 e. The summed E-state index contributed by atoms with van der Waals surface area (Å²) in [5.41, 5.74) is 15.8. The van der Waals surface area contributed by atoms with Crippen LogP contribution in [0.1, 0.15) is 23.6 Å². The molecule has 1 atom stereocenters. The van der Waals surface area contributed by atoms with Crippen LogP contribution in [0.4, 0.5) is 0 Å². The van der Waals surface area contributed by atoms with Gasteiger partial charge in [-0.15, -0.1) is 11.3 Å². The maximum atomic E-state index is 5.28. The van der Waals surface area contributed by atoms with Crippen molar-refractivity contribution in [1.82, 2.24) is 9.97 Å². The molecule has 0 saturated heterocycles. The van der Waals surface area contributed by atoms with Crippen LogP contribution in [-0.2, 0) is 5.41 Å². The SMILES string of the molecule is CC1(c2ccccc2)c2ccccc2-c2cc(-c3ccccc3-c3cc(-c4cccc(-c5ccc6sc7ccccc7c6c5)c4)nc(-c4ccccc4)n3)ccc21. The zero-order valence-corrected chi connectivity index (χ0v) is 32.2. The van der Waals surface area contributed by atoms with E-state index in [1.165, 1.54) is 53.6 Å². The first-order valence-electron chi connectivity index (χ1n) is 19.5. The van der Waals surface area contributed by atoms with Crippen molar-refractivity contribution in [3.8, 4) is 67.3 Å². The fourth-order valence-electron chi connectivity index (χ4n) is 8.92. The van der Waals surface area contributed by atoms with Gasteiger partial charge in [0.25, 0.3) is 0 Å². The first-order valence-corrected chi connectivity index (χ1v) is 20.3. The Morgan fingerprint density at radius 3 is 1.84 bits per heavy atom. The number of nitrogens with zero attached hydrogens (tertiary/aromatic N) is 2. The molecule has 0 aliphatic heterocycles. The highest BCUT2D eigenvalue weighted by Crippen LogP contribution is 2.53. The van der Waals surface area contributed by atoms with Gasteiger partial charge in [0.2, 0.25) is 0 Å². The van der Waals surface area contributed by atoms with Crippen LogP contribution in [0.5, 0.6) is 0 Å². The summed E-state index contributed by atoms with van der Waals surface area (Å²) in [5.74, 6) is 0.705. The summed E-state index contributed by atoms with van der Waals surface area (Å²) >= 11 is 1.85. The summed E-state index contributed by atoms with van der Waals surface area (Å²) in [6, 6.07) is 72.2. The molecule has 0 radical (unpaired) electrons. The lowest BCUT2D eigenvalue weighted by Crippen LogP contribution is -2.22. The molecule has 0 N–H and O–H groups in total. The molecule has 10 aromatic rings. The molecule has 2 aromatic heterocycles. The standard InChI is InChI=1S/C54H36N2S/c1-54(40-19-6-3-7-20-40)47-25-12-10-22-42(47)45-33-38(27-29-48(45)54)41-21-8-9-23-43(41)50-34-49(55-53(56-50)35-15-4-2-5-16-35)39-18-14-17-36(31-39)37-28-30-52-46(32-37)44-24-11-13-26-51(44)57-52/h2-34H,1H3. The highest BCUT2D eigenvalue weighted by atomic mass is 32.1. The number of fused-ring (bicyclic) bond motifs is 6. The van der Waals surface area contributed by atoms with Crippen LogP contribution >= 0.6 is 11.3 Å². The zero-order chi connectivity index (χ0) is 37.9. The molecule has 1 unspecified atom stereocenters. The molecular formula is C54H36N2S. The maximum Gasteiger partial charge on any atom is 0.160 e. The van der Waals surface area contributed by atoms with Gasteiger partial charge in [0.15, 0.2) is 5.82 Å². The summed E-state index contributed by atoms with van der Waals surface area (Å²) in [6.07, 6.45) is 0. The first-order chi connectivity index (χ1) is 28.1. The molecule has 0 fully saturated rings. The molecule has 268 valence electrons. The third-order valence-corrected chi connectivity index (χ3v) is 13.0. The van der Waals surface area contributed by atoms with E-state index in [1.54, 1.807) is 0 Å². The number of hydrogen-bond donors (Lipinski definition) is 0. The average molecular weight is 745 g/mol. The summed E-state index contributed by atoms with van der Waals surface area (Å²) in [5, 5.41) is 2.60. The van der Waals surface area contributed by atoms with E-state index in [0.29, 0.717) is 5.82 Å². The van der Waals surface area contributed by atoms with E-state index >= 15 is 0 Å². The van der Waals surface area contributed by atoms with Crippen LogP contribution in [0.2, 0.25) is 0 Å². The maximum absolute atomic E-state index is 5.28. The molecule has 1 aliphatic rings. The lowest BCUT2D eigenvalue weighted by molar-refractivity contribution is 0.714. The molecule has 3 heteroatoms. The molecular weight excluding hydrogens is 709 g/mol. The number of rotatable bonds is 6. The molecule has 1 aliphatic carbocycles. The van der Waals surface area contributed by atoms with Gasteiger partial charge in [-0.25, -0.2) is 9.97 Å². The van der Waals surface area contributed by atoms with Gasteiger partial charge < -0.3 is 0 Å². The Morgan fingerprint density at radius 1 is 0.368 bits per heavy atom. The van der Waals surface area contributed by atoms with Crippen molar-refractivity contribution in [2.24, 2.45) is 0 Å². The van der Waals surface area contributed by atoms with Crippen molar-refractivity contribution in [3.63, 3.8) is 0 Å². The number of hydrogen-bond acceptors (Lipinski definition) is 3. The Kier molecular flexibility index (Phi) is 7.84. The Balaban J connectivity index is 1.05. The zero-order valence-electron chi connectivity index (χ0n) is 31.4. The third-order valence-electron chi connectivity index (χ3n) is 11.8. The van der Waals surface area contributed by atoms with Gasteiger partial charge in [-0.05, 0) is 93.4 Å². The van der Waals surface area contributed by atoms with E-state index in [0.717, 1.165) is 44.8 Å². The van der Waals surface area contributed by atoms with Gasteiger partial charge in [0.1, 0.15) is 0 Å². The van der Waals surface area contributed by atoms with Crippen LogP contribution in [0.25, 0.3) is 87.5 Å². The predicted octanol–water partition coefficient (Wildman–Crippen LogP) is 14.5. The number of benzene rings is 8. The van der Waals surface area contributed by atoms with Crippen molar-refractivity contribution in [1.29, 1.82) is 0 Å². The van der Waals surface area contributed by atoms with Crippen molar-refractivity contribution in [2.45, 2.75) is 12.3 Å². The Morgan fingerprint density at radius 2 is 0.982 bits per heavy atom. The van der Waals surface area contributed by atoms with Gasteiger partial charge in [-0.1, -0.05) is 164 Å². The molecule has 0 bridgehead atoms. The molecule has 2 heterocycles. The smallest absolute Gasteiger partial charge is 0.160 e. The minimum atomic E-state index is -0.241. The minimum Gasteiger partial charge on any atom is -0.228 e. The fraction of sp³-hybridized carbons (Fsp3) is 0.0370. The van der Waals surface area contributed by atoms with E-state index in [2.05, 4.69) is 201 Å². The normalized spacial score (nSPS) is 14.5. The highest BCUT2D eigenvalue weighted by Gasteiger charge is 2.40. The molecule has 0 amide bonds. The number of aromatic nitrogens is 2. The molecule has 8 aromatic carbocycles. The Bertz CT molecular complexity index is 3140. The highest BCUT2D eigenvalue weighted by molar-refractivity contribution is 7.25. The summed E-state index contributed by atoms with van der Waals surface area (Å²) in [4.78, 5) is 10.5. The van der Waals surface area contributed by atoms with E-state index in [9.17, 15) is 0 Å². The quantitative estimate of drug-likeness (QED) is 0.169. The predicted molar refractivity (Wildman–Crippen MR) is 240 cm³/mol. The van der Waals surface area contributed by atoms with Gasteiger partial charge in [-0.3, -0.25) is 0 Å². The van der Waals surface area contributed by atoms with Crippen molar-refractivity contribution >= 4 is 31.5 Å². The van der Waals surface area contributed by atoms with Gasteiger partial charge in [-0.2, -0.15) is 0 Å². The molecule has 11 rings (SSSR count). The minimum absolute atomic E-state index is 0.241. The second-order valence-corrected chi connectivity index (χ2v) is 16.1. The second kappa shape index (κ2) is 13.4. The number of thiophene rings is 1. The molecule has 2 nitrogen and oxygen atoms in total. The van der Waals surface area contributed by atoms with E-state index < -0.39 is 0 Å². The van der Waals surface area contributed by atoms with Gasteiger partial charge in [0.05, 0.1) is 11.4 Å². The lowest BCUT2D eigenvalue weighted by Gasteiger charge is -2.28. The van der Waals surface area contributed by atoms with E-state index in [4.69, 9.17) is 9.97 Å². The topological polar surface area (TPSA) is 25.8 Å². The van der Waals surface area contributed by atoms with Crippen molar-refractivity contribution in [2.75, 3.05) is 0 Å². The molecule has 0 spiro atoms. The Labute approximate surface area is 336 Å². The summed E-state index contributed by atoms with van der Waals surface area (Å²) in [7, 11) is 0. The van der Waals surface area contributed by atoms with E-state index in [-0.39, 0.29) is 5.41 Å².